The highest BCUT2D eigenvalue weighted by atomic mass is 16.5. The lowest BCUT2D eigenvalue weighted by molar-refractivity contribution is -0.0310. The fraction of sp³-hybridized carbons (Fsp3) is 0.471. The Morgan fingerprint density at radius 1 is 1.04 bits per heavy atom. The second kappa shape index (κ2) is 7.20. The average molecular weight is 344 g/mol. The van der Waals surface area contributed by atoms with Gasteiger partial charge in [0, 0.05) is 25.2 Å². The van der Waals surface area contributed by atoms with Gasteiger partial charge in [-0.05, 0) is 12.1 Å². The summed E-state index contributed by atoms with van der Waals surface area (Å²) >= 11 is 0. The highest BCUT2D eigenvalue weighted by Gasteiger charge is 2.31. The van der Waals surface area contributed by atoms with Crippen LogP contribution in [-0.2, 0) is 9.47 Å². The van der Waals surface area contributed by atoms with E-state index in [9.17, 15) is 4.79 Å². The molecule has 25 heavy (non-hydrogen) atoms. The predicted octanol–water partition coefficient (Wildman–Crippen LogP) is 1.56. The van der Waals surface area contributed by atoms with E-state index in [4.69, 9.17) is 14.0 Å². The number of benzene rings is 1. The molecule has 1 atom stereocenters. The van der Waals surface area contributed by atoms with Crippen molar-refractivity contribution < 1.29 is 18.8 Å². The lowest BCUT2D eigenvalue weighted by Gasteiger charge is -2.36. The molecule has 132 valence electrons. The number of carbonyl (C=O) groups excluding carboxylic acids is 1. The van der Waals surface area contributed by atoms with Gasteiger partial charge in [-0.3, -0.25) is 0 Å². The first-order valence-electron chi connectivity index (χ1n) is 8.43. The number of ether oxygens (including phenoxy) is 2. The molecule has 2 aromatic rings. The Balaban J connectivity index is 1.44. The van der Waals surface area contributed by atoms with Gasteiger partial charge in [0.25, 0.3) is 5.89 Å². The molecule has 0 aliphatic carbocycles. The molecule has 0 bridgehead atoms. The van der Waals surface area contributed by atoms with Gasteiger partial charge in [-0.1, -0.05) is 23.4 Å². The standard InChI is InChI=1S/C17H20N4O4/c22-17(20-6-9-23-10-7-20)21-8-11-24-14(12-21)15-18-16(25-19-15)13-4-2-1-3-5-13/h1-5,14H,6-12H2/t14-/m1/s1. The van der Waals surface area contributed by atoms with Gasteiger partial charge in [-0.15, -0.1) is 0 Å². The Morgan fingerprint density at radius 3 is 2.60 bits per heavy atom. The van der Waals surface area contributed by atoms with Gasteiger partial charge in [0.2, 0.25) is 5.82 Å². The third kappa shape index (κ3) is 3.49. The van der Waals surface area contributed by atoms with Gasteiger partial charge in [-0.25, -0.2) is 4.79 Å². The highest BCUT2D eigenvalue weighted by molar-refractivity contribution is 5.74. The minimum Gasteiger partial charge on any atom is -0.378 e. The number of aromatic nitrogens is 2. The van der Waals surface area contributed by atoms with E-state index >= 15 is 0 Å². The van der Waals surface area contributed by atoms with Crippen LogP contribution in [0.2, 0.25) is 0 Å². The number of urea groups is 1. The third-order valence-electron chi connectivity index (χ3n) is 4.37. The van der Waals surface area contributed by atoms with E-state index in [0.29, 0.717) is 57.7 Å². The van der Waals surface area contributed by atoms with Crippen molar-refractivity contribution in [2.75, 3.05) is 46.0 Å². The molecular weight excluding hydrogens is 324 g/mol. The van der Waals surface area contributed by atoms with Crippen molar-refractivity contribution in [2.45, 2.75) is 6.10 Å². The number of hydrogen-bond donors (Lipinski definition) is 0. The van der Waals surface area contributed by atoms with Gasteiger partial charge in [0.15, 0.2) is 0 Å². The van der Waals surface area contributed by atoms with Crippen molar-refractivity contribution >= 4 is 6.03 Å². The van der Waals surface area contributed by atoms with Crippen molar-refractivity contribution in [3.05, 3.63) is 36.2 Å². The summed E-state index contributed by atoms with van der Waals surface area (Å²) in [4.78, 5) is 20.7. The summed E-state index contributed by atoms with van der Waals surface area (Å²) < 4.78 is 16.4. The summed E-state index contributed by atoms with van der Waals surface area (Å²) in [5.74, 6) is 0.925. The van der Waals surface area contributed by atoms with Crippen LogP contribution in [0.5, 0.6) is 0 Å². The first kappa shape index (κ1) is 16.0. The molecular formula is C17H20N4O4. The third-order valence-corrected chi connectivity index (χ3v) is 4.37. The number of amides is 2. The van der Waals surface area contributed by atoms with E-state index in [1.165, 1.54) is 0 Å². The Morgan fingerprint density at radius 2 is 1.80 bits per heavy atom. The molecule has 2 saturated heterocycles. The summed E-state index contributed by atoms with van der Waals surface area (Å²) in [6, 6.07) is 9.60. The molecule has 0 N–H and O–H groups in total. The zero-order valence-corrected chi connectivity index (χ0v) is 13.8. The summed E-state index contributed by atoms with van der Waals surface area (Å²) in [6.45, 7) is 3.87. The summed E-state index contributed by atoms with van der Waals surface area (Å²) in [7, 11) is 0. The highest BCUT2D eigenvalue weighted by Crippen LogP contribution is 2.24. The monoisotopic (exact) mass is 344 g/mol. The van der Waals surface area contributed by atoms with E-state index in [2.05, 4.69) is 10.1 Å². The van der Waals surface area contributed by atoms with Gasteiger partial charge < -0.3 is 23.8 Å². The zero-order chi connectivity index (χ0) is 17.1. The van der Waals surface area contributed by atoms with Crippen LogP contribution < -0.4 is 0 Å². The van der Waals surface area contributed by atoms with Crippen molar-refractivity contribution in [1.29, 1.82) is 0 Å². The molecule has 0 saturated carbocycles. The number of hydrogen-bond acceptors (Lipinski definition) is 6. The minimum absolute atomic E-state index is 0.0170. The Kier molecular flexibility index (Phi) is 4.62. The fourth-order valence-corrected chi connectivity index (χ4v) is 3.00. The molecule has 4 rings (SSSR count). The molecule has 3 heterocycles. The molecule has 8 nitrogen and oxygen atoms in total. The summed E-state index contributed by atoms with van der Waals surface area (Å²) in [6.07, 6.45) is -0.375. The fourth-order valence-electron chi connectivity index (χ4n) is 3.00. The number of nitrogens with zero attached hydrogens (tertiary/aromatic N) is 4. The van der Waals surface area contributed by atoms with E-state index in [0.717, 1.165) is 5.56 Å². The SMILES string of the molecule is O=C(N1CCOCC1)N1CCO[C@@H](c2noc(-c3ccccc3)n2)C1. The summed E-state index contributed by atoms with van der Waals surface area (Å²) in [5.41, 5.74) is 0.860. The lowest BCUT2D eigenvalue weighted by Crippen LogP contribution is -2.52. The second-order valence-electron chi connectivity index (χ2n) is 6.01. The maximum Gasteiger partial charge on any atom is 0.320 e. The van der Waals surface area contributed by atoms with E-state index < -0.39 is 0 Å². The van der Waals surface area contributed by atoms with Crippen LogP contribution in [0.15, 0.2) is 34.9 Å². The molecule has 0 radical (unpaired) electrons. The quantitative estimate of drug-likeness (QED) is 0.822. The Bertz CT molecular complexity index is 714. The van der Waals surface area contributed by atoms with Crippen molar-refractivity contribution in [2.24, 2.45) is 0 Å². The van der Waals surface area contributed by atoms with Crippen LogP contribution in [0.25, 0.3) is 11.5 Å². The first-order valence-corrected chi connectivity index (χ1v) is 8.43. The number of rotatable bonds is 2. The van der Waals surface area contributed by atoms with Crippen LogP contribution in [0.3, 0.4) is 0 Å². The first-order chi connectivity index (χ1) is 12.3. The van der Waals surface area contributed by atoms with Crippen molar-refractivity contribution in [3.63, 3.8) is 0 Å². The topological polar surface area (TPSA) is 80.9 Å². The lowest BCUT2D eigenvalue weighted by atomic mass is 10.2. The molecule has 1 aromatic carbocycles. The molecule has 0 spiro atoms. The van der Waals surface area contributed by atoms with Crippen molar-refractivity contribution in [3.8, 4) is 11.5 Å². The summed E-state index contributed by atoms with van der Waals surface area (Å²) in [5, 5.41) is 4.04. The smallest absolute Gasteiger partial charge is 0.320 e. The average Bonchev–Trinajstić information content (AvgIpc) is 3.19. The molecule has 2 fully saturated rings. The predicted molar refractivity (Wildman–Crippen MR) is 87.8 cm³/mol. The molecule has 2 aliphatic rings. The van der Waals surface area contributed by atoms with Gasteiger partial charge in [-0.2, -0.15) is 4.98 Å². The van der Waals surface area contributed by atoms with E-state index in [1.54, 1.807) is 4.90 Å². The maximum atomic E-state index is 12.6. The van der Waals surface area contributed by atoms with Crippen LogP contribution in [0.1, 0.15) is 11.9 Å². The molecule has 1 aromatic heterocycles. The second-order valence-corrected chi connectivity index (χ2v) is 6.01. The van der Waals surface area contributed by atoms with Crippen LogP contribution >= 0.6 is 0 Å². The molecule has 0 unspecified atom stereocenters. The largest absolute Gasteiger partial charge is 0.378 e. The maximum absolute atomic E-state index is 12.6. The van der Waals surface area contributed by atoms with Crippen molar-refractivity contribution in [1.82, 2.24) is 19.9 Å². The molecule has 2 amide bonds. The normalized spacial score (nSPS) is 21.4. The Hall–Kier alpha value is -2.45. The van der Waals surface area contributed by atoms with Crippen LogP contribution in [0, 0.1) is 0 Å². The molecule has 2 aliphatic heterocycles. The van der Waals surface area contributed by atoms with Gasteiger partial charge in [0.05, 0.1) is 26.4 Å². The van der Waals surface area contributed by atoms with Crippen LogP contribution in [-0.4, -0.2) is 72.0 Å². The van der Waals surface area contributed by atoms with Gasteiger partial charge in [0.1, 0.15) is 6.10 Å². The van der Waals surface area contributed by atoms with Gasteiger partial charge >= 0.3 is 6.03 Å². The Labute approximate surface area is 145 Å². The van der Waals surface area contributed by atoms with E-state index in [-0.39, 0.29) is 12.1 Å². The zero-order valence-electron chi connectivity index (χ0n) is 13.8. The number of carbonyl (C=O) groups is 1. The van der Waals surface area contributed by atoms with Crippen LogP contribution in [0.4, 0.5) is 4.79 Å². The number of morpholine rings is 2. The molecule has 8 heteroatoms. The minimum atomic E-state index is -0.375. The van der Waals surface area contributed by atoms with E-state index in [1.807, 2.05) is 35.2 Å².